The third-order valence-corrected chi connectivity index (χ3v) is 3.49. The van der Waals surface area contributed by atoms with Crippen LogP contribution in [0, 0.1) is 0 Å². The largest absolute Gasteiger partial charge is 0.296 e. The standard InChI is InChI=1S/C11H13ClN4/c12-11-13-5-2-6-16(11)10-7-9(14-15-10)8-3-1-4-8/h2,5-8,11H,1,3-4H2,(H,14,15). The maximum absolute atomic E-state index is 6.08. The molecule has 5 heteroatoms. The first-order valence-electron chi connectivity index (χ1n) is 5.52. The highest BCUT2D eigenvalue weighted by atomic mass is 35.5. The monoisotopic (exact) mass is 236 g/mol. The number of aliphatic imine (C=N–C) groups is 1. The summed E-state index contributed by atoms with van der Waals surface area (Å²) in [5.74, 6) is 1.50. The van der Waals surface area contributed by atoms with Gasteiger partial charge in [0.1, 0.15) is 0 Å². The average Bonchev–Trinajstić information content (AvgIpc) is 2.65. The van der Waals surface area contributed by atoms with Gasteiger partial charge in [0.05, 0.1) is 0 Å². The van der Waals surface area contributed by atoms with E-state index in [-0.39, 0.29) is 5.62 Å². The van der Waals surface area contributed by atoms with Crippen LogP contribution in [0.15, 0.2) is 23.3 Å². The molecule has 2 heterocycles. The Hall–Kier alpha value is -1.29. The number of anilines is 1. The topological polar surface area (TPSA) is 44.3 Å². The highest BCUT2D eigenvalue weighted by molar-refractivity contribution is 6.22. The second kappa shape index (κ2) is 3.94. The number of H-pyrrole nitrogens is 1. The molecule has 1 atom stereocenters. The van der Waals surface area contributed by atoms with Crippen LogP contribution in [0.2, 0.25) is 0 Å². The average molecular weight is 237 g/mol. The smallest absolute Gasteiger partial charge is 0.202 e. The van der Waals surface area contributed by atoms with E-state index in [0.717, 1.165) is 5.82 Å². The van der Waals surface area contributed by atoms with Gasteiger partial charge >= 0.3 is 0 Å². The van der Waals surface area contributed by atoms with Crippen LogP contribution in [-0.4, -0.2) is 22.0 Å². The van der Waals surface area contributed by atoms with Crippen molar-refractivity contribution in [3.63, 3.8) is 0 Å². The predicted molar refractivity (Wildman–Crippen MR) is 64.9 cm³/mol. The SMILES string of the molecule is ClC1N=CC=CN1c1cc(C2CCC2)[nH]n1. The number of halogens is 1. The van der Waals surface area contributed by atoms with Gasteiger partial charge in [0.25, 0.3) is 0 Å². The lowest BCUT2D eigenvalue weighted by Crippen LogP contribution is -2.26. The number of aromatic nitrogens is 2. The normalized spacial score (nSPS) is 24.8. The summed E-state index contributed by atoms with van der Waals surface area (Å²) in [6, 6.07) is 2.07. The van der Waals surface area contributed by atoms with Crippen molar-refractivity contribution in [3.8, 4) is 0 Å². The lowest BCUT2D eigenvalue weighted by atomic mass is 9.83. The number of nitrogens with zero attached hydrogens (tertiary/aromatic N) is 3. The molecule has 84 valence electrons. The molecular formula is C11H13ClN4. The number of allylic oxidation sites excluding steroid dienone is 1. The van der Waals surface area contributed by atoms with Crippen molar-refractivity contribution < 1.29 is 0 Å². The molecule has 1 saturated carbocycles. The second-order valence-corrected chi connectivity index (χ2v) is 4.56. The molecule has 2 aliphatic rings. The molecule has 4 nitrogen and oxygen atoms in total. The summed E-state index contributed by atoms with van der Waals surface area (Å²) >= 11 is 6.08. The summed E-state index contributed by atoms with van der Waals surface area (Å²) < 4.78 is 0. The summed E-state index contributed by atoms with van der Waals surface area (Å²) in [4.78, 5) is 5.95. The number of hydrogen-bond acceptors (Lipinski definition) is 3. The Morgan fingerprint density at radius 2 is 2.31 bits per heavy atom. The molecule has 1 aliphatic carbocycles. The highest BCUT2D eigenvalue weighted by Gasteiger charge is 2.24. The summed E-state index contributed by atoms with van der Waals surface area (Å²) in [6.07, 6.45) is 9.31. The lowest BCUT2D eigenvalue weighted by Gasteiger charge is -2.24. The van der Waals surface area contributed by atoms with Gasteiger partial charge in [-0.25, -0.2) is 0 Å². The molecule has 1 aromatic rings. The molecule has 0 saturated heterocycles. The van der Waals surface area contributed by atoms with Crippen LogP contribution < -0.4 is 4.90 Å². The minimum Gasteiger partial charge on any atom is -0.296 e. The van der Waals surface area contributed by atoms with Crippen molar-refractivity contribution in [1.82, 2.24) is 10.2 Å². The van der Waals surface area contributed by atoms with E-state index in [1.165, 1.54) is 25.0 Å². The fraction of sp³-hybridized carbons (Fsp3) is 0.455. The predicted octanol–water partition coefficient (Wildman–Crippen LogP) is 2.60. The summed E-state index contributed by atoms with van der Waals surface area (Å²) in [7, 11) is 0. The zero-order valence-electron chi connectivity index (χ0n) is 8.81. The fourth-order valence-electron chi connectivity index (χ4n) is 1.97. The van der Waals surface area contributed by atoms with Crippen molar-refractivity contribution in [2.24, 2.45) is 4.99 Å². The summed E-state index contributed by atoms with van der Waals surface area (Å²) in [5.41, 5.74) is 0.829. The minimum atomic E-state index is -0.387. The molecule has 1 N–H and O–H groups in total. The van der Waals surface area contributed by atoms with Gasteiger partial charge in [-0.1, -0.05) is 18.0 Å². The maximum Gasteiger partial charge on any atom is 0.202 e. The van der Waals surface area contributed by atoms with Crippen LogP contribution in [-0.2, 0) is 0 Å². The number of nitrogens with one attached hydrogen (secondary N) is 1. The van der Waals surface area contributed by atoms with E-state index in [4.69, 9.17) is 11.6 Å². The molecule has 0 aromatic carbocycles. The van der Waals surface area contributed by atoms with Gasteiger partial charge in [0.2, 0.25) is 5.62 Å². The van der Waals surface area contributed by atoms with Crippen LogP contribution >= 0.6 is 11.6 Å². The van der Waals surface area contributed by atoms with Crippen LogP contribution in [0.4, 0.5) is 5.82 Å². The van der Waals surface area contributed by atoms with E-state index < -0.39 is 0 Å². The Morgan fingerprint density at radius 1 is 1.44 bits per heavy atom. The molecule has 1 unspecified atom stereocenters. The zero-order chi connectivity index (χ0) is 11.0. The molecule has 1 aliphatic heterocycles. The van der Waals surface area contributed by atoms with Gasteiger partial charge in [-0.05, 0) is 18.9 Å². The number of aromatic amines is 1. The van der Waals surface area contributed by atoms with Gasteiger partial charge in [0.15, 0.2) is 5.82 Å². The minimum absolute atomic E-state index is 0.387. The molecule has 0 spiro atoms. The maximum atomic E-state index is 6.08. The van der Waals surface area contributed by atoms with Crippen LogP contribution in [0.25, 0.3) is 0 Å². The number of alkyl halides is 1. The molecule has 3 rings (SSSR count). The first kappa shape index (κ1) is 9.90. The first-order valence-corrected chi connectivity index (χ1v) is 5.96. The summed E-state index contributed by atoms with van der Waals surface area (Å²) in [6.45, 7) is 0. The highest BCUT2D eigenvalue weighted by Crippen LogP contribution is 2.36. The quantitative estimate of drug-likeness (QED) is 0.634. The lowest BCUT2D eigenvalue weighted by molar-refractivity contribution is 0.410. The third kappa shape index (κ3) is 1.63. The Balaban J connectivity index is 1.81. The van der Waals surface area contributed by atoms with E-state index in [0.29, 0.717) is 5.92 Å². The van der Waals surface area contributed by atoms with E-state index in [9.17, 15) is 0 Å². The van der Waals surface area contributed by atoms with E-state index in [1.54, 1.807) is 6.21 Å². The summed E-state index contributed by atoms with van der Waals surface area (Å²) in [5, 5.41) is 7.37. The Morgan fingerprint density at radius 3 is 3.00 bits per heavy atom. The van der Waals surface area contributed by atoms with Crippen molar-refractivity contribution >= 4 is 23.6 Å². The van der Waals surface area contributed by atoms with Gasteiger partial charge in [-0.15, -0.1) is 0 Å². The molecule has 16 heavy (non-hydrogen) atoms. The van der Waals surface area contributed by atoms with Crippen LogP contribution in [0.1, 0.15) is 30.9 Å². The molecular weight excluding hydrogens is 224 g/mol. The Kier molecular flexibility index (Phi) is 2.44. The molecule has 0 bridgehead atoms. The van der Waals surface area contributed by atoms with Crippen molar-refractivity contribution in [2.75, 3.05) is 4.90 Å². The first-order chi connectivity index (χ1) is 7.84. The van der Waals surface area contributed by atoms with Crippen LogP contribution in [0.3, 0.4) is 0 Å². The Bertz CT molecular complexity index is 433. The molecule has 0 amide bonds. The van der Waals surface area contributed by atoms with Crippen molar-refractivity contribution in [3.05, 3.63) is 24.0 Å². The molecule has 1 aromatic heterocycles. The fourth-order valence-corrected chi connectivity index (χ4v) is 2.20. The molecule has 0 radical (unpaired) electrons. The van der Waals surface area contributed by atoms with Gasteiger partial charge in [0, 0.05) is 30.1 Å². The van der Waals surface area contributed by atoms with Gasteiger partial charge in [-0.3, -0.25) is 15.0 Å². The number of rotatable bonds is 2. The van der Waals surface area contributed by atoms with Crippen LogP contribution in [0.5, 0.6) is 0 Å². The van der Waals surface area contributed by atoms with E-state index in [2.05, 4.69) is 21.3 Å². The van der Waals surface area contributed by atoms with Gasteiger partial charge in [-0.2, -0.15) is 5.10 Å². The Labute approximate surface area is 99.0 Å². The van der Waals surface area contributed by atoms with Crippen molar-refractivity contribution in [2.45, 2.75) is 30.8 Å². The second-order valence-electron chi connectivity index (χ2n) is 4.17. The number of hydrogen-bond donors (Lipinski definition) is 1. The van der Waals surface area contributed by atoms with E-state index in [1.807, 2.05) is 17.2 Å². The van der Waals surface area contributed by atoms with Crippen molar-refractivity contribution in [1.29, 1.82) is 0 Å². The zero-order valence-corrected chi connectivity index (χ0v) is 9.56. The third-order valence-electron chi connectivity index (χ3n) is 3.17. The van der Waals surface area contributed by atoms with Gasteiger partial charge < -0.3 is 0 Å². The molecule has 1 fully saturated rings. The van der Waals surface area contributed by atoms with E-state index >= 15 is 0 Å².